The van der Waals surface area contributed by atoms with Crippen LogP contribution in [0, 0.1) is 6.92 Å². The molecule has 0 saturated carbocycles. The van der Waals surface area contributed by atoms with E-state index in [-0.39, 0.29) is 11.7 Å². The Morgan fingerprint density at radius 2 is 2.25 bits per heavy atom. The second-order valence-electron chi connectivity index (χ2n) is 5.01. The zero-order valence-corrected chi connectivity index (χ0v) is 15.2. The predicted molar refractivity (Wildman–Crippen MR) is 97.4 cm³/mol. The summed E-state index contributed by atoms with van der Waals surface area (Å²) >= 11 is 4.77. The lowest BCUT2D eigenvalue weighted by molar-refractivity contribution is -0.113. The van der Waals surface area contributed by atoms with E-state index < -0.39 is 0 Å². The number of thioether (sulfide) groups is 1. The normalized spacial score (nSPS) is 10.6. The molecule has 3 rings (SSSR count). The van der Waals surface area contributed by atoms with E-state index in [1.165, 1.54) is 11.8 Å². The summed E-state index contributed by atoms with van der Waals surface area (Å²) in [5.41, 5.74) is 2.73. The number of aromatic nitrogens is 4. The Balaban J connectivity index is 1.64. The number of halogens is 1. The number of anilines is 1. The van der Waals surface area contributed by atoms with Gasteiger partial charge in [0.15, 0.2) is 5.16 Å². The molecule has 2 heterocycles. The fourth-order valence-electron chi connectivity index (χ4n) is 2.03. The zero-order valence-electron chi connectivity index (χ0n) is 12.8. The number of carbonyl (C=O) groups is 1. The number of nitrogens with zero attached hydrogens (tertiary/aromatic N) is 4. The maximum absolute atomic E-state index is 12.2. The van der Waals surface area contributed by atoms with E-state index in [1.54, 1.807) is 23.3 Å². The number of nitrogens with one attached hydrogen (secondary N) is 1. The summed E-state index contributed by atoms with van der Waals surface area (Å²) in [5, 5.41) is 11.5. The van der Waals surface area contributed by atoms with Gasteiger partial charge in [-0.05, 0) is 52.7 Å². The number of hydrogen-bond donors (Lipinski definition) is 1. The van der Waals surface area contributed by atoms with E-state index in [1.807, 2.05) is 37.3 Å². The summed E-state index contributed by atoms with van der Waals surface area (Å²) in [4.78, 5) is 16.2. The van der Waals surface area contributed by atoms with Gasteiger partial charge < -0.3 is 5.32 Å². The first-order valence-corrected chi connectivity index (χ1v) is 8.90. The van der Waals surface area contributed by atoms with E-state index >= 15 is 0 Å². The third kappa shape index (κ3) is 4.01. The summed E-state index contributed by atoms with van der Waals surface area (Å²) in [7, 11) is 0. The molecule has 6 nitrogen and oxygen atoms in total. The molecule has 0 aliphatic heterocycles. The highest BCUT2D eigenvalue weighted by atomic mass is 79.9. The van der Waals surface area contributed by atoms with Crippen LogP contribution in [0.5, 0.6) is 0 Å². The Bertz CT molecular complexity index is 853. The fraction of sp³-hybridized carbons (Fsp3) is 0.125. The fourth-order valence-corrected chi connectivity index (χ4v) is 3.36. The Morgan fingerprint density at radius 3 is 3.00 bits per heavy atom. The smallest absolute Gasteiger partial charge is 0.234 e. The van der Waals surface area contributed by atoms with E-state index in [2.05, 4.69) is 36.4 Å². The Labute approximate surface area is 151 Å². The molecule has 122 valence electrons. The van der Waals surface area contributed by atoms with Gasteiger partial charge in [0.05, 0.1) is 23.3 Å². The van der Waals surface area contributed by atoms with Crippen molar-refractivity contribution in [2.24, 2.45) is 0 Å². The highest BCUT2D eigenvalue weighted by Gasteiger charge is 2.11. The number of hydrogen-bond acceptors (Lipinski definition) is 5. The summed E-state index contributed by atoms with van der Waals surface area (Å²) < 4.78 is 2.66. The zero-order chi connectivity index (χ0) is 16.9. The lowest BCUT2D eigenvalue weighted by Gasteiger charge is -2.08. The van der Waals surface area contributed by atoms with Crippen LogP contribution in [0.1, 0.15) is 5.56 Å². The molecule has 1 N–H and O–H groups in total. The van der Waals surface area contributed by atoms with Crippen LogP contribution in [0.15, 0.2) is 58.7 Å². The van der Waals surface area contributed by atoms with Crippen molar-refractivity contribution in [1.82, 2.24) is 19.7 Å². The molecule has 3 aromatic rings. The number of amides is 1. The Kier molecular flexibility index (Phi) is 5.27. The minimum Gasteiger partial charge on any atom is -0.324 e. The largest absolute Gasteiger partial charge is 0.324 e. The molecule has 0 saturated heterocycles. The van der Waals surface area contributed by atoms with Crippen LogP contribution in [0.25, 0.3) is 5.69 Å². The van der Waals surface area contributed by atoms with Gasteiger partial charge in [-0.1, -0.05) is 17.8 Å². The van der Waals surface area contributed by atoms with Gasteiger partial charge in [-0.3, -0.25) is 14.3 Å². The van der Waals surface area contributed by atoms with Gasteiger partial charge in [-0.25, -0.2) is 0 Å². The molecule has 0 aliphatic carbocycles. The maximum atomic E-state index is 12.2. The standard InChI is InChI=1S/C16H14BrN5OS/c1-11-4-5-14(13(17)7-11)20-15(23)9-24-16-21-19-10-22(16)12-3-2-6-18-8-12/h2-8,10H,9H2,1H3,(H,20,23). The van der Waals surface area contributed by atoms with Crippen molar-refractivity contribution in [3.05, 3.63) is 59.1 Å². The molecule has 24 heavy (non-hydrogen) atoms. The van der Waals surface area contributed by atoms with Crippen LogP contribution < -0.4 is 5.32 Å². The summed E-state index contributed by atoms with van der Waals surface area (Å²) in [5.74, 6) is 0.129. The van der Waals surface area contributed by atoms with Crippen molar-refractivity contribution in [3.63, 3.8) is 0 Å². The van der Waals surface area contributed by atoms with Crippen molar-refractivity contribution in [1.29, 1.82) is 0 Å². The molecular formula is C16H14BrN5OS. The highest BCUT2D eigenvalue weighted by Crippen LogP contribution is 2.24. The molecule has 8 heteroatoms. The van der Waals surface area contributed by atoms with Crippen LogP contribution in [0.2, 0.25) is 0 Å². The molecule has 1 amide bonds. The molecule has 0 atom stereocenters. The molecule has 0 bridgehead atoms. The minimum atomic E-state index is -0.106. The third-order valence-electron chi connectivity index (χ3n) is 3.17. The van der Waals surface area contributed by atoms with E-state index in [9.17, 15) is 4.79 Å². The minimum absolute atomic E-state index is 0.106. The molecule has 0 fully saturated rings. The van der Waals surface area contributed by atoms with Crippen LogP contribution in [-0.4, -0.2) is 31.4 Å². The first-order valence-electron chi connectivity index (χ1n) is 7.13. The molecule has 0 aliphatic rings. The summed E-state index contributed by atoms with van der Waals surface area (Å²) in [6.45, 7) is 2.00. The SMILES string of the molecule is Cc1ccc(NC(=O)CSc2nncn2-c2cccnc2)c(Br)c1. The molecular weight excluding hydrogens is 390 g/mol. The quantitative estimate of drug-likeness (QED) is 0.660. The van der Waals surface area contributed by atoms with Gasteiger partial charge in [-0.2, -0.15) is 0 Å². The molecule has 0 radical (unpaired) electrons. The van der Waals surface area contributed by atoms with Crippen LogP contribution >= 0.6 is 27.7 Å². The van der Waals surface area contributed by atoms with E-state index in [0.29, 0.717) is 5.16 Å². The lowest BCUT2D eigenvalue weighted by atomic mass is 10.2. The molecule has 2 aromatic heterocycles. The number of pyridine rings is 1. The summed E-state index contributed by atoms with van der Waals surface area (Å²) in [6.07, 6.45) is 5.03. The maximum Gasteiger partial charge on any atom is 0.234 e. The molecule has 1 aromatic carbocycles. The van der Waals surface area contributed by atoms with Crippen molar-refractivity contribution in [2.45, 2.75) is 12.1 Å². The van der Waals surface area contributed by atoms with Crippen molar-refractivity contribution < 1.29 is 4.79 Å². The number of rotatable bonds is 5. The van der Waals surface area contributed by atoms with Gasteiger partial charge >= 0.3 is 0 Å². The number of carbonyl (C=O) groups excluding carboxylic acids is 1. The van der Waals surface area contributed by atoms with Crippen molar-refractivity contribution >= 4 is 39.3 Å². The highest BCUT2D eigenvalue weighted by molar-refractivity contribution is 9.10. The van der Waals surface area contributed by atoms with Gasteiger partial charge in [0, 0.05) is 10.7 Å². The first-order chi connectivity index (χ1) is 11.6. The monoisotopic (exact) mass is 403 g/mol. The van der Waals surface area contributed by atoms with Gasteiger partial charge in [0.1, 0.15) is 6.33 Å². The number of benzene rings is 1. The van der Waals surface area contributed by atoms with E-state index in [0.717, 1.165) is 21.4 Å². The van der Waals surface area contributed by atoms with Crippen LogP contribution in [0.4, 0.5) is 5.69 Å². The molecule has 0 spiro atoms. The third-order valence-corrected chi connectivity index (χ3v) is 4.77. The second kappa shape index (κ2) is 7.59. The van der Waals surface area contributed by atoms with Crippen molar-refractivity contribution in [3.8, 4) is 5.69 Å². The predicted octanol–water partition coefficient (Wildman–Crippen LogP) is 3.46. The lowest BCUT2D eigenvalue weighted by Crippen LogP contribution is -2.15. The van der Waals surface area contributed by atoms with Gasteiger partial charge in [-0.15, -0.1) is 10.2 Å². The summed E-state index contributed by atoms with van der Waals surface area (Å²) in [6, 6.07) is 9.53. The average molecular weight is 404 g/mol. The number of aryl methyl sites for hydroxylation is 1. The van der Waals surface area contributed by atoms with Gasteiger partial charge in [0.25, 0.3) is 0 Å². The Morgan fingerprint density at radius 1 is 1.38 bits per heavy atom. The first kappa shape index (κ1) is 16.7. The second-order valence-corrected chi connectivity index (χ2v) is 6.81. The van der Waals surface area contributed by atoms with E-state index in [4.69, 9.17) is 0 Å². The van der Waals surface area contributed by atoms with Crippen molar-refractivity contribution in [2.75, 3.05) is 11.1 Å². The van der Waals surface area contributed by atoms with Crippen LogP contribution in [-0.2, 0) is 4.79 Å². The Hall–Kier alpha value is -2.19. The molecule has 0 unspecified atom stereocenters. The van der Waals surface area contributed by atoms with Gasteiger partial charge in [0.2, 0.25) is 5.91 Å². The van der Waals surface area contributed by atoms with Crippen LogP contribution in [0.3, 0.4) is 0 Å². The average Bonchev–Trinajstić information content (AvgIpc) is 3.05. The topological polar surface area (TPSA) is 72.7 Å².